The SMILES string of the molecule is CCN[C@H](C)CNS(=O)(=O)c1cnc2[nH]c(=O)[nH]c(=O)c2c1. The van der Waals surface area contributed by atoms with Crippen LogP contribution in [0.4, 0.5) is 0 Å². The first-order valence-corrected chi connectivity index (χ1v) is 8.17. The number of aromatic nitrogens is 3. The molecule has 0 unspecified atom stereocenters. The summed E-state index contributed by atoms with van der Waals surface area (Å²) in [5.41, 5.74) is -1.35. The van der Waals surface area contributed by atoms with Gasteiger partial charge < -0.3 is 5.32 Å². The van der Waals surface area contributed by atoms with Crippen molar-refractivity contribution >= 4 is 21.1 Å². The maximum atomic E-state index is 12.2. The number of nitrogens with one attached hydrogen (secondary N) is 4. The Balaban J connectivity index is 2.34. The van der Waals surface area contributed by atoms with E-state index in [-0.39, 0.29) is 28.5 Å². The third-order valence-electron chi connectivity index (χ3n) is 3.01. The predicted octanol–water partition coefficient (Wildman–Crippen LogP) is -1.11. The van der Waals surface area contributed by atoms with E-state index in [9.17, 15) is 18.0 Å². The first kappa shape index (κ1) is 16.3. The van der Waals surface area contributed by atoms with Crippen molar-refractivity contribution in [1.29, 1.82) is 0 Å². The number of aromatic amines is 2. The number of sulfonamides is 1. The summed E-state index contributed by atoms with van der Waals surface area (Å²) in [5.74, 6) is 0. The van der Waals surface area contributed by atoms with Gasteiger partial charge in [-0.25, -0.2) is 22.9 Å². The lowest BCUT2D eigenvalue weighted by Gasteiger charge is -2.13. The molecule has 120 valence electrons. The van der Waals surface area contributed by atoms with Crippen LogP contribution in [0.2, 0.25) is 0 Å². The summed E-state index contributed by atoms with van der Waals surface area (Å²) in [4.78, 5) is 30.9. The van der Waals surface area contributed by atoms with Gasteiger partial charge in [0.05, 0.1) is 5.39 Å². The molecule has 0 amide bonds. The van der Waals surface area contributed by atoms with Crippen molar-refractivity contribution < 1.29 is 8.42 Å². The Bertz CT molecular complexity index is 886. The molecule has 9 nitrogen and oxygen atoms in total. The molecular formula is C12H17N5O4S. The molecule has 0 saturated carbocycles. The third kappa shape index (κ3) is 3.59. The monoisotopic (exact) mass is 327 g/mol. The van der Waals surface area contributed by atoms with Crippen molar-refractivity contribution in [2.75, 3.05) is 13.1 Å². The quantitative estimate of drug-likeness (QED) is 0.531. The Hall–Kier alpha value is -2.04. The summed E-state index contributed by atoms with van der Waals surface area (Å²) in [7, 11) is -3.79. The van der Waals surface area contributed by atoms with Crippen LogP contribution in [0.1, 0.15) is 13.8 Å². The molecule has 0 aliphatic carbocycles. The number of hydrogen-bond acceptors (Lipinski definition) is 6. The molecule has 22 heavy (non-hydrogen) atoms. The summed E-state index contributed by atoms with van der Waals surface area (Å²) in [6, 6.07) is 1.14. The van der Waals surface area contributed by atoms with Crippen LogP contribution in [0.15, 0.2) is 26.7 Å². The second-order valence-electron chi connectivity index (χ2n) is 4.79. The van der Waals surface area contributed by atoms with E-state index in [0.717, 1.165) is 12.7 Å². The van der Waals surface area contributed by atoms with Crippen molar-refractivity contribution in [2.45, 2.75) is 24.8 Å². The fourth-order valence-electron chi connectivity index (χ4n) is 1.91. The van der Waals surface area contributed by atoms with Crippen LogP contribution in [-0.4, -0.2) is 42.5 Å². The molecule has 1 atom stereocenters. The van der Waals surface area contributed by atoms with Crippen LogP contribution < -0.4 is 21.3 Å². The molecule has 0 fully saturated rings. The van der Waals surface area contributed by atoms with Crippen LogP contribution >= 0.6 is 0 Å². The second-order valence-corrected chi connectivity index (χ2v) is 6.55. The van der Waals surface area contributed by atoms with Crippen LogP contribution in [0.3, 0.4) is 0 Å². The van der Waals surface area contributed by atoms with Gasteiger partial charge in [0.1, 0.15) is 10.5 Å². The zero-order valence-corrected chi connectivity index (χ0v) is 13.0. The highest BCUT2D eigenvalue weighted by Crippen LogP contribution is 2.11. The highest BCUT2D eigenvalue weighted by molar-refractivity contribution is 7.89. The van der Waals surface area contributed by atoms with Gasteiger partial charge in [-0.05, 0) is 19.5 Å². The predicted molar refractivity (Wildman–Crippen MR) is 81.3 cm³/mol. The minimum Gasteiger partial charge on any atom is -0.313 e. The molecule has 2 aromatic rings. The van der Waals surface area contributed by atoms with E-state index in [4.69, 9.17) is 0 Å². The fourth-order valence-corrected chi connectivity index (χ4v) is 3.01. The molecule has 10 heteroatoms. The summed E-state index contributed by atoms with van der Waals surface area (Å²) in [6.45, 7) is 4.70. The first-order chi connectivity index (χ1) is 10.3. The zero-order valence-electron chi connectivity index (χ0n) is 12.1. The fraction of sp³-hybridized carbons (Fsp3) is 0.417. The molecule has 0 aromatic carbocycles. The number of rotatable bonds is 6. The Morgan fingerprint density at radius 1 is 1.32 bits per heavy atom. The molecule has 4 N–H and O–H groups in total. The van der Waals surface area contributed by atoms with E-state index < -0.39 is 21.3 Å². The number of fused-ring (bicyclic) bond motifs is 1. The number of likely N-dealkylation sites (N-methyl/N-ethyl adjacent to an activating group) is 1. The summed E-state index contributed by atoms with van der Waals surface area (Å²) in [5, 5.41) is 3.08. The van der Waals surface area contributed by atoms with Crippen molar-refractivity contribution in [3.05, 3.63) is 33.1 Å². The maximum absolute atomic E-state index is 12.2. The van der Waals surface area contributed by atoms with Crippen molar-refractivity contribution in [1.82, 2.24) is 25.0 Å². The minimum atomic E-state index is -3.79. The first-order valence-electron chi connectivity index (χ1n) is 6.69. The maximum Gasteiger partial charge on any atom is 0.327 e. The average molecular weight is 327 g/mol. The lowest BCUT2D eigenvalue weighted by Crippen LogP contribution is -2.38. The van der Waals surface area contributed by atoms with Crippen LogP contribution in [-0.2, 0) is 10.0 Å². The summed E-state index contributed by atoms with van der Waals surface area (Å²) >= 11 is 0. The lowest BCUT2D eigenvalue weighted by atomic mass is 10.3. The molecule has 0 aliphatic rings. The van der Waals surface area contributed by atoms with E-state index in [1.54, 1.807) is 0 Å². The highest BCUT2D eigenvalue weighted by Gasteiger charge is 2.17. The van der Waals surface area contributed by atoms with E-state index >= 15 is 0 Å². The second kappa shape index (κ2) is 6.38. The molecule has 0 saturated heterocycles. The normalized spacial score (nSPS) is 13.4. The standard InChI is InChI=1S/C12H17N5O4S/c1-3-13-7(2)5-15-22(20,21)8-4-9-10(14-6-8)16-12(19)17-11(9)18/h4,6-7,13,15H,3,5H2,1-2H3,(H2,14,16,17,18,19)/t7-/m1/s1. The van der Waals surface area contributed by atoms with E-state index in [1.807, 2.05) is 18.8 Å². The van der Waals surface area contributed by atoms with Gasteiger partial charge in [0.15, 0.2) is 0 Å². The zero-order chi connectivity index (χ0) is 16.3. The largest absolute Gasteiger partial charge is 0.327 e. The molecule has 0 bridgehead atoms. The number of hydrogen-bond donors (Lipinski definition) is 4. The van der Waals surface area contributed by atoms with Crippen LogP contribution in [0, 0.1) is 0 Å². The molecule has 2 rings (SSSR count). The van der Waals surface area contributed by atoms with Crippen LogP contribution in [0.5, 0.6) is 0 Å². The van der Waals surface area contributed by atoms with Gasteiger partial charge >= 0.3 is 5.69 Å². The lowest BCUT2D eigenvalue weighted by molar-refractivity contribution is 0.536. The third-order valence-corrected chi connectivity index (χ3v) is 4.40. The Labute approximate surface area is 126 Å². The van der Waals surface area contributed by atoms with Gasteiger partial charge in [-0.15, -0.1) is 0 Å². The van der Waals surface area contributed by atoms with Gasteiger partial charge in [0.25, 0.3) is 5.56 Å². The van der Waals surface area contributed by atoms with Gasteiger partial charge in [-0.1, -0.05) is 6.92 Å². The van der Waals surface area contributed by atoms with Gasteiger partial charge in [-0.3, -0.25) is 14.8 Å². The smallest absolute Gasteiger partial charge is 0.313 e. The Kier molecular flexibility index (Phi) is 4.74. The van der Waals surface area contributed by atoms with E-state index in [1.165, 1.54) is 6.07 Å². The van der Waals surface area contributed by atoms with Crippen molar-refractivity contribution in [3.8, 4) is 0 Å². The van der Waals surface area contributed by atoms with Gasteiger partial charge in [0.2, 0.25) is 10.0 Å². The molecular weight excluding hydrogens is 310 g/mol. The number of H-pyrrole nitrogens is 2. The molecule has 2 aromatic heterocycles. The minimum absolute atomic E-state index is 0.00204. The van der Waals surface area contributed by atoms with E-state index in [0.29, 0.717) is 0 Å². The Morgan fingerprint density at radius 2 is 2.05 bits per heavy atom. The van der Waals surface area contributed by atoms with Gasteiger partial charge in [-0.2, -0.15) is 0 Å². The highest BCUT2D eigenvalue weighted by atomic mass is 32.2. The van der Waals surface area contributed by atoms with E-state index in [2.05, 4.69) is 20.0 Å². The van der Waals surface area contributed by atoms with Crippen molar-refractivity contribution in [3.63, 3.8) is 0 Å². The number of pyridine rings is 1. The molecule has 0 spiro atoms. The van der Waals surface area contributed by atoms with Gasteiger partial charge in [0, 0.05) is 18.8 Å². The van der Waals surface area contributed by atoms with Crippen molar-refractivity contribution in [2.24, 2.45) is 0 Å². The molecule has 2 heterocycles. The number of nitrogens with zero attached hydrogens (tertiary/aromatic N) is 1. The van der Waals surface area contributed by atoms with Crippen LogP contribution in [0.25, 0.3) is 11.0 Å². The Morgan fingerprint density at radius 3 is 2.73 bits per heavy atom. The average Bonchev–Trinajstić information content (AvgIpc) is 2.45. The topological polar surface area (TPSA) is 137 Å². The summed E-state index contributed by atoms with van der Waals surface area (Å²) < 4.78 is 26.8. The molecule has 0 aliphatic heterocycles. The summed E-state index contributed by atoms with van der Waals surface area (Å²) in [6.07, 6.45) is 1.10. The molecule has 0 radical (unpaired) electrons.